The largest absolute Gasteiger partial charge is 0.325 e. The van der Waals surface area contributed by atoms with Gasteiger partial charge >= 0.3 is 0 Å². The van der Waals surface area contributed by atoms with Gasteiger partial charge in [-0.05, 0) is 36.4 Å². The molecule has 0 saturated heterocycles. The minimum Gasteiger partial charge on any atom is -0.325 e. The molecule has 10 heteroatoms. The topological polar surface area (TPSA) is 59.8 Å². The highest BCUT2D eigenvalue weighted by atomic mass is 35.5. The number of aromatic nitrogens is 3. The first kappa shape index (κ1) is 21.6. The fourth-order valence-corrected chi connectivity index (χ4v) is 3.88. The molecule has 5 nitrogen and oxygen atoms in total. The van der Waals surface area contributed by atoms with Gasteiger partial charge in [-0.15, -0.1) is 16.8 Å². The molecule has 0 aliphatic rings. The molecule has 0 unspecified atom stereocenters. The smallest absolute Gasteiger partial charge is 0.234 e. The fraction of sp³-hybridized carbons (Fsp3) is 0.105. The number of hydrogen-bond donors (Lipinski definition) is 1. The maximum atomic E-state index is 13.2. The third kappa shape index (κ3) is 5.30. The number of allylic oxidation sites excluding steroid dienone is 1. The molecule has 1 aromatic heterocycles. The lowest BCUT2D eigenvalue weighted by atomic mass is 10.2. The number of nitrogens with zero attached hydrogens (tertiary/aromatic N) is 3. The van der Waals surface area contributed by atoms with E-state index >= 15 is 0 Å². The van der Waals surface area contributed by atoms with Crippen LogP contribution in [0.4, 0.5) is 10.1 Å². The van der Waals surface area contributed by atoms with Crippen molar-refractivity contribution in [2.45, 2.75) is 11.7 Å². The second-order valence-electron chi connectivity index (χ2n) is 5.80. The average Bonchev–Trinajstić information content (AvgIpc) is 3.06. The summed E-state index contributed by atoms with van der Waals surface area (Å²) in [6, 6.07) is 9.07. The van der Waals surface area contributed by atoms with Gasteiger partial charge in [-0.3, -0.25) is 9.36 Å². The highest BCUT2D eigenvalue weighted by Crippen LogP contribution is 2.31. The van der Waals surface area contributed by atoms with Crippen LogP contribution in [0.1, 0.15) is 0 Å². The van der Waals surface area contributed by atoms with Gasteiger partial charge in [0.1, 0.15) is 5.82 Å². The van der Waals surface area contributed by atoms with Crippen LogP contribution in [0.15, 0.2) is 54.2 Å². The van der Waals surface area contributed by atoms with Crippen LogP contribution in [0.25, 0.3) is 11.4 Å². The van der Waals surface area contributed by atoms with Crippen molar-refractivity contribution in [3.63, 3.8) is 0 Å². The van der Waals surface area contributed by atoms with Gasteiger partial charge in [0.25, 0.3) is 0 Å². The second kappa shape index (κ2) is 9.63. The fourth-order valence-electron chi connectivity index (χ4n) is 2.46. The lowest BCUT2D eigenvalue weighted by molar-refractivity contribution is -0.113. The summed E-state index contributed by atoms with van der Waals surface area (Å²) in [6.45, 7) is 4.18. The van der Waals surface area contributed by atoms with Crippen LogP contribution < -0.4 is 5.32 Å². The molecule has 1 N–H and O–H groups in total. The number of anilines is 1. The highest BCUT2D eigenvalue weighted by Gasteiger charge is 2.17. The van der Waals surface area contributed by atoms with E-state index in [1.54, 1.807) is 28.8 Å². The van der Waals surface area contributed by atoms with Crippen LogP contribution in [0, 0.1) is 5.82 Å². The average molecular weight is 472 g/mol. The van der Waals surface area contributed by atoms with Gasteiger partial charge in [0.15, 0.2) is 11.0 Å². The monoisotopic (exact) mass is 470 g/mol. The Morgan fingerprint density at radius 3 is 2.66 bits per heavy atom. The van der Waals surface area contributed by atoms with E-state index in [2.05, 4.69) is 22.1 Å². The minimum atomic E-state index is -0.551. The molecule has 1 amide bonds. The number of rotatable bonds is 7. The van der Waals surface area contributed by atoms with E-state index in [0.717, 1.165) is 0 Å². The molecule has 0 aliphatic heterocycles. The Bertz CT molecular complexity index is 1070. The summed E-state index contributed by atoms with van der Waals surface area (Å²) < 4.78 is 15.0. The van der Waals surface area contributed by atoms with Crippen LogP contribution in [0.2, 0.25) is 15.1 Å². The number of thioether (sulfide) groups is 1. The summed E-state index contributed by atoms with van der Waals surface area (Å²) in [6.07, 6.45) is 1.70. The van der Waals surface area contributed by atoms with E-state index in [1.165, 1.54) is 30.0 Å². The molecular formula is C19H14Cl3FN4OS. The predicted octanol–water partition coefficient (Wildman–Crippen LogP) is 5.96. The molecule has 3 aromatic rings. The number of benzene rings is 2. The molecule has 29 heavy (non-hydrogen) atoms. The summed E-state index contributed by atoms with van der Waals surface area (Å²) in [4.78, 5) is 12.2. The highest BCUT2D eigenvalue weighted by molar-refractivity contribution is 7.99. The summed E-state index contributed by atoms with van der Waals surface area (Å²) in [7, 11) is 0. The molecule has 0 radical (unpaired) electrons. The lowest BCUT2D eigenvalue weighted by Gasteiger charge is -2.09. The van der Waals surface area contributed by atoms with E-state index in [4.69, 9.17) is 34.8 Å². The van der Waals surface area contributed by atoms with Crippen LogP contribution in [-0.4, -0.2) is 26.4 Å². The van der Waals surface area contributed by atoms with E-state index in [-0.39, 0.29) is 16.7 Å². The number of carbonyl (C=O) groups excluding carboxylic acids is 1. The Hall–Kier alpha value is -2.06. The van der Waals surface area contributed by atoms with Crippen molar-refractivity contribution in [2.75, 3.05) is 11.1 Å². The molecular weight excluding hydrogens is 458 g/mol. The lowest BCUT2D eigenvalue weighted by Crippen LogP contribution is -2.14. The molecule has 1 heterocycles. The Kier molecular flexibility index (Phi) is 7.18. The SMILES string of the molecule is C=CCn1c(SCC(=O)Nc2ccc(F)c(Cl)c2)nnc1-c1ccc(Cl)cc1Cl. The zero-order valence-electron chi connectivity index (χ0n) is 14.8. The zero-order chi connectivity index (χ0) is 21.0. The summed E-state index contributed by atoms with van der Waals surface area (Å²) in [5, 5.41) is 12.4. The van der Waals surface area contributed by atoms with Gasteiger partial charge in [0.05, 0.1) is 15.8 Å². The molecule has 0 fully saturated rings. The Morgan fingerprint density at radius 1 is 1.17 bits per heavy atom. The van der Waals surface area contributed by atoms with Crippen LogP contribution in [0.5, 0.6) is 0 Å². The van der Waals surface area contributed by atoms with E-state index in [9.17, 15) is 9.18 Å². The first-order valence-electron chi connectivity index (χ1n) is 8.26. The maximum Gasteiger partial charge on any atom is 0.234 e. The van der Waals surface area contributed by atoms with Crippen molar-refractivity contribution in [2.24, 2.45) is 0 Å². The van der Waals surface area contributed by atoms with E-state index in [1.807, 2.05) is 0 Å². The summed E-state index contributed by atoms with van der Waals surface area (Å²) in [5.74, 6) is -0.236. The van der Waals surface area contributed by atoms with Crippen LogP contribution in [0.3, 0.4) is 0 Å². The summed E-state index contributed by atoms with van der Waals surface area (Å²) >= 11 is 19.2. The molecule has 2 aromatic carbocycles. The Balaban J connectivity index is 1.75. The second-order valence-corrected chi connectivity index (χ2v) is 7.99. The van der Waals surface area contributed by atoms with Crippen LogP contribution >= 0.6 is 46.6 Å². The standard InChI is InChI=1S/C19H14Cl3FN4OS/c1-2-7-27-18(13-5-3-11(20)8-14(13)21)25-26-19(27)29-10-17(28)24-12-4-6-16(23)15(22)9-12/h2-6,8-9H,1,7,10H2,(H,24,28). The Morgan fingerprint density at radius 2 is 1.97 bits per heavy atom. The van der Waals surface area contributed by atoms with Crippen molar-refractivity contribution >= 4 is 58.2 Å². The molecule has 0 bridgehead atoms. The summed E-state index contributed by atoms with van der Waals surface area (Å²) in [5.41, 5.74) is 1.07. The third-order valence-electron chi connectivity index (χ3n) is 3.74. The van der Waals surface area contributed by atoms with Crippen molar-refractivity contribution < 1.29 is 9.18 Å². The molecule has 0 spiro atoms. The first-order valence-corrected chi connectivity index (χ1v) is 10.4. The quantitative estimate of drug-likeness (QED) is 0.341. The predicted molar refractivity (Wildman–Crippen MR) is 116 cm³/mol. The van der Waals surface area contributed by atoms with E-state index in [0.29, 0.717) is 38.8 Å². The molecule has 150 valence electrons. The van der Waals surface area contributed by atoms with Gasteiger partial charge in [-0.25, -0.2) is 4.39 Å². The number of nitrogens with one attached hydrogen (secondary N) is 1. The van der Waals surface area contributed by atoms with Gasteiger partial charge in [0, 0.05) is 22.8 Å². The van der Waals surface area contributed by atoms with Gasteiger partial charge in [-0.1, -0.05) is 52.6 Å². The van der Waals surface area contributed by atoms with Gasteiger partial charge in [-0.2, -0.15) is 0 Å². The maximum absolute atomic E-state index is 13.2. The molecule has 0 saturated carbocycles. The third-order valence-corrected chi connectivity index (χ3v) is 5.54. The van der Waals surface area contributed by atoms with Crippen molar-refractivity contribution in [1.29, 1.82) is 0 Å². The number of halogens is 4. The normalized spacial score (nSPS) is 10.8. The molecule has 3 rings (SSSR count). The molecule has 0 atom stereocenters. The number of hydrogen-bond acceptors (Lipinski definition) is 4. The van der Waals surface area contributed by atoms with Gasteiger partial charge in [0.2, 0.25) is 5.91 Å². The van der Waals surface area contributed by atoms with Crippen LogP contribution in [-0.2, 0) is 11.3 Å². The van der Waals surface area contributed by atoms with Gasteiger partial charge < -0.3 is 5.32 Å². The van der Waals surface area contributed by atoms with Crippen molar-refractivity contribution in [3.05, 3.63) is 69.9 Å². The number of carbonyl (C=O) groups is 1. The number of amides is 1. The first-order chi connectivity index (χ1) is 13.9. The zero-order valence-corrected chi connectivity index (χ0v) is 17.9. The minimum absolute atomic E-state index is 0.0642. The van der Waals surface area contributed by atoms with Crippen molar-refractivity contribution in [3.8, 4) is 11.4 Å². The van der Waals surface area contributed by atoms with E-state index < -0.39 is 5.82 Å². The molecule has 0 aliphatic carbocycles. The Labute approximate surface area is 185 Å². The van der Waals surface area contributed by atoms with Crippen molar-refractivity contribution in [1.82, 2.24) is 14.8 Å².